The summed E-state index contributed by atoms with van der Waals surface area (Å²) in [5.41, 5.74) is 4.43. The predicted molar refractivity (Wildman–Crippen MR) is 127 cm³/mol. The van der Waals surface area contributed by atoms with E-state index in [1.807, 2.05) is 16.7 Å². The molecule has 0 amide bonds. The number of fused-ring (bicyclic) bond motifs is 3. The van der Waals surface area contributed by atoms with E-state index in [2.05, 4.69) is 36.9 Å². The zero-order valence-electron chi connectivity index (χ0n) is 18.3. The summed E-state index contributed by atoms with van der Waals surface area (Å²) in [6, 6.07) is 13.5. The van der Waals surface area contributed by atoms with E-state index >= 15 is 0 Å². The van der Waals surface area contributed by atoms with E-state index < -0.39 is 0 Å². The van der Waals surface area contributed by atoms with E-state index in [0.29, 0.717) is 28.7 Å². The van der Waals surface area contributed by atoms with Gasteiger partial charge in [0.15, 0.2) is 11.2 Å². The first-order valence-electron chi connectivity index (χ1n) is 10.6. The zero-order chi connectivity index (χ0) is 22.6. The lowest BCUT2D eigenvalue weighted by Crippen LogP contribution is -2.40. The van der Waals surface area contributed by atoms with Gasteiger partial charge in [0, 0.05) is 30.8 Å². The number of hydrogen-bond acceptors (Lipinski definition) is 4. The van der Waals surface area contributed by atoms with Crippen LogP contribution in [-0.4, -0.2) is 25.2 Å². The number of hydrogen-bond donors (Lipinski definition) is 0. The van der Waals surface area contributed by atoms with Crippen LogP contribution in [0.3, 0.4) is 0 Å². The molecule has 7 nitrogen and oxygen atoms in total. The molecule has 0 unspecified atom stereocenters. The molecule has 0 fully saturated rings. The Balaban J connectivity index is 1.70. The number of aromatic nitrogens is 4. The van der Waals surface area contributed by atoms with Gasteiger partial charge in [-0.2, -0.15) is 4.98 Å². The predicted octanol–water partition coefficient (Wildman–Crippen LogP) is 3.76. The third-order valence-corrected chi connectivity index (χ3v) is 6.37. The number of nitrogens with zero attached hydrogens (tertiary/aromatic N) is 5. The summed E-state index contributed by atoms with van der Waals surface area (Å²) >= 11 is 5.98. The molecule has 164 valence electrons. The van der Waals surface area contributed by atoms with Crippen molar-refractivity contribution in [1.29, 1.82) is 0 Å². The summed E-state index contributed by atoms with van der Waals surface area (Å²) in [5.74, 6) is 0.703. The van der Waals surface area contributed by atoms with Gasteiger partial charge < -0.3 is 9.47 Å². The molecule has 0 N–H and O–H groups in total. The van der Waals surface area contributed by atoms with E-state index in [4.69, 9.17) is 16.6 Å². The van der Waals surface area contributed by atoms with Crippen LogP contribution in [0.1, 0.15) is 23.1 Å². The molecule has 0 bridgehead atoms. The third kappa shape index (κ3) is 3.24. The molecule has 0 radical (unpaired) electrons. The number of benzene rings is 2. The maximum atomic E-state index is 13.5. The van der Waals surface area contributed by atoms with Crippen molar-refractivity contribution in [3.8, 4) is 0 Å². The second-order valence-corrected chi connectivity index (χ2v) is 8.83. The fraction of sp³-hybridized carbons (Fsp3) is 0.292. The molecular weight excluding hydrogens is 426 g/mol. The van der Waals surface area contributed by atoms with Crippen molar-refractivity contribution in [2.75, 3.05) is 11.4 Å². The van der Waals surface area contributed by atoms with Crippen LogP contribution in [0.25, 0.3) is 11.2 Å². The van der Waals surface area contributed by atoms with Gasteiger partial charge in [-0.3, -0.25) is 13.9 Å². The van der Waals surface area contributed by atoms with Crippen LogP contribution in [0.15, 0.2) is 52.1 Å². The Hall–Kier alpha value is -3.32. The molecule has 1 aliphatic heterocycles. The number of aryl methyl sites for hydroxylation is 4. The fourth-order valence-electron chi connectivity index (χ4n) is 4.51. The molecular formula is C24H24ClN5O2. The van der Waals surface area contributed by atoms with Gasteiger partial charge in [-0.05, 0) is 49.6 Å². The van der Waals surface area contributed by atoms with Crippen LogP contribution in [-0.2, 0) is 20.1 Å². The maximum absolute atomic E-state index is 13.5. The first-order chi connectivity index (χ1) is 15.3. The van der Waals surface area contributed by atoms with Crippen LogP contribution in [0.2, 0.25) is 5.02 Å². The van der Waals surface area contributed by atoms with Crippen molar-refractivity contribution in [2.24, 2.45) is 7.05 Å². The second-order valence-electron chi connectivity index (χ2n) is 8.39. The Morgan fingerprint density at radius 2 is 1.78 bits per heavy atom. The van der Waals surface area contributed by atoms with Crippen molar-refractivity contribution in [1.82, 2.24) is 18.7 Å². The number of halogens is 1. The van der Waals surface area contributed by atoms with Gasteiger partial charge in [-0.1, -0.05) is 41.4 Å². The number of anilines is 2. The van der Waals surface area contributed by atoms with Gasteiger partial charge in [-0.15, -0.1) is 0 Å². The van der Waals surface area contributed by atoms with Crippen molar-refractivity contribution >= 4 is 34.4 Å². The summed E-state index contributed by atoms with van der Waals surface area (Å²) in [7, 11) is 1.67. The summed E-state index contributed by atoms with van der Waals surface area (Å²) in [6.45, 7) is 5.82. The molecule has 4 aromatic rings. The highest BCUT2D eigenvalue weighted by Gasteiger charge is 2.27. The summed E-state index contributed by atoms with van der Waals surface area (Å²) in [6.07, 6.45) is 0.880. The van der Waals surface area contributed by atoms with E-state index in [0.717, 1.165) is 29.8 Å². The minimum Gasteiger partial charge on any atom is -0.312 e. The quantitative estimate of drug-likeness (QED) is 0.477. The molecule has 0 spiro atoms. The van der Waals surface area contributed by atoms with E-state index in [1.165, 1.54) is 14.7 Å². The lowest BCUT2D eigenvalue weighted by molar-refractivity contribution is 0.597. The van der Waals surface area contributed by atoms with E-state index in [9.17, 15) is 9.59 Å². The Labute approximate surface area is 190 Å². The highest BCUT2D eigenvalue weighted by Crippen LogP contribution is 2.33. The van der Waals surface area contributed by atoms with E-state index in [1.54, 1.807) is 19.2 Å². The Bertz CT molecular complexity index is 1460. The molecule has 0 saturated carbocycles. The smallest absolute Gasteiger partial charge is 0.312 e. The molecule has 0 saturated heterocycles. The van der Waals surface area contributed by atoms with Gasteiger partial charge in [0.05, 0.1) is 6.54 Å². The van der Waals surface area contributed by atoms with E-state index in [-0.39, 0.29) is 17.8 Å². The molecule has 1 aliphatic rings. The lowest BCUT2D eigenvalue weighted by Gasteiger charge is -2.30. The van der Waals surface area contributed by atoms with Gasteiger partial charge in [0.25, 0.3) is 5.56 Å². The average Bonchev–Trinajstić information content (AvgIpc) is 3.17. The van der Waals surface area contributed by atoms with Crippen molar-refractivity contribution in [3.63, 3.8) is 0 Å². The first kappa shape index (κ1) is 20.6. The highest BCUT2D eigenvalue weighted by molar-refractivity contribution is 6.30. The number of rotatable bonds is 3. The van der Waals surface area contributed by atoms with Crippen LogP contribution < -0.4 is 16.1 Å². The molecule has 0 atom stereocenters. The molecule has 3 heterocycles. The second kappa shape index (κ2) is 7.67. The van der Waals surface area contributed by atoms with Gasteiger partial charge in [-0.25, -0.2) is 4.79 Å². The van der Waals surface area contributed by atoms with Crippen LogP contribution in [0.5, 0.6) is 0 Å². The average molecular weight is 450 g/mol. The van der Waals surface area contributed by atoms with Crippen molar-refractivity contribution in [3.05, 3.63) is 85.0 Å². The Morgan fingerprint density at radius 3 is 2.50 bits per heavy atom. The highest BCUT2D eigenvalue weighted by atomic mass is 35.5. The molecule has 2 aromatic heterocycles. The standard InChI is InChI=1S/C24H24ClN5O2/c1-15-5-10-19(16(2)13-15)28-11-4-12-29-20-21(26-23(28)29)27(3)24(32)30(22(20)31)14-17-6-8-18(25)9-7-17/h5-10,13H,4,11-12,14H2,1-3H3. The largest absolute Gasteiger partial charge is 0.332 e. The van der Waals surface area contributed by atoms with Crippen LogP contribution >= 0.6 is 11.6 Å². The van der Waals surface area contributed by atoms with Crippen LogP contribution in [0.4, 0.5) is 11.6 Å². The normalized spacial score (nSPS) is 13.6. The minimum absolute atomic E-state index is 0.180. The Morgan fingerprint density at radius 1 is 1.03 bits per heavy atom. The molecule has 5 rings (SSSR count). The topological polar surface area (TPSA) is 65.1 Å². The molecule has 0 aliphatic carbocycles. The Kier molecular flexibility index (Phi) is 4.93. The summed E-state index contributed by atoms with van der Waals surface area (Å²) < 4.78 is 4.70. The summed E-state index contributed by atoms with van der Waals surface area (Å²) in [4.78, 5) is 33.5. The van der Waals surface area contributed by atoms with Gasteiger partial charge >= 0.3 is 5.69 Å². The van der Waals surface area contributed by atoms with Crippen molar-refractivity contribution in [2.45, 2.75) is 33.4 Å². The van der Waals surface area contributed by atoms with Crippen LogP contribution in [0, 0.1) is 13.8 Å². The monoisotopic (exact) mass is 449 g/mol. The van der Waals surface area contributed by atoms with Crippen molar-refractivity contribution < 1.29 is 0 Å². The van der Waals surface area contributed by atoms with Gasteiger partial charge in [0.1, 0.15) is 0 Å². The number of imidazole rings is 1. The first-order valence-corrected chi connectivity index (χ1v) is 11.0. The zero-order valence-corrected chi connectivity index (χ0v) is 19.1. The summed E-state index contributed by atoms with van der Waals surface area (Å²) in [5, 5.41) is 0.612. The fourth-order valence-corrected chi connectivity index (χ4v) is 4.64. The lowest BCUT2D eigenvalue weighted by atomic mass is 10.1. The minimum atomic E-state index is -0.383. The third-order valence-electron chi connectivity index (χ3n) is 6.11. The van der Waals surface area contributed by atoms with Gasteiger partial charge in [0.2, 0.25) is 5.95 Å². The maximum Gasteiger partial charge on any atom is 0.332 e. The molecule has 8 heteroatoms. The molecule has 32 heavy (non-hydrogen) atoms. The molecule has 2 aromatic carbocycles. The SMILES string of the molecule is Cc1ccc(N2CCCn3c2nc2c3c(=O)n(Cc3ccc(Cl)cc3)c(=O)n2C)c(C)c1.